The topological polar surface area (TPSA) is 78.9 Å². The molecule has 6 nitrogen and oxygen atoms in total. The molecule has 2 aromatic rings. The van der Waals surface area contributed by atoms with Gasteiger partial charge in [0.1, 0.15) is 18.0 Å². The van der Waals surface area contributed by atoms with E-state index in [0.29, 0.717) is 23.5 Å². The number of hydrogen-bond acceptors (Lipinski definition) is 6. The van der Waals surface area contributed by atoms with E-state index in [1.54, 1.807) is 24.3 Å². The zero-order valence-corrected chi connectivity index (χ0v) is 25.6. The molecule has 6 heteroatoms. The van der Waals surface area contributed by atoms with Crippen molar-refractivity contribution in [3.8, 4) is 0 Å². The number of rotatable bonds is 6. The summed E-state index contributed by atoms with van der Waals surface area (Å²) >= 11 is 0. The quantitative estimate of drug-likeness (QED) is 0.255. The van der Waals surface area contributed by atoms with E-state index in [4.69, 9.17) is 14.2 Å². The van der Waals surface area contributed by atoms with Gasteiger partial charge in [0, 0.05) is 19.3 Å². The van der Waals surface area contributed by atoms with E-state index in [2.05, 4.69) is 19.9 Å². The monoisotopic (exact) mass is 582 g/mol. The highest BCUT2D eigenvalue weighted by Crippen LogP contribution is 2.66. The van der Waals surface area contributed by atoms with Crippen molar-refractivity contribution >= 4 is 17.9 Å². The van der Waals surface area contributed by atoms with Gasteiger partial charge >= 0.3 is 17.9 Å². The zero-order valence-electron chi connectivity index (χ0n) is 25.6. The molecule has 6 rings (SSSR count). The summed E-state index contributed by atoms with van der Waals surface area (Å²) in [5.74, 6) is 0.619. The average Bonchev–Trinajstić information content (AvgIpc) is 3.34. The maximum Gasteiger partial charge on any atom is 0.338 e. The van der Waals surface area contributed by atoms with E-state index in [-0.39, 0.29) is 52.8 Å². The van der Waals surface area contributed by atoms with Crippen LogP contribution in [0.3, 0.4) is 0 Å². The summed E-state index contributed by atoms with van der Waals surface area (Å²) in [7, 11) is 0. The lowest BCUT2D eigenvalue weighted by atomic mass is 9.51. The Labute approximate surface area is 254 Å². The van der Waals surface area contributed by atoms with Gasteiger partial charge in [-0.25, -0.2) is 9.59 Å². The van der Waals surface area contributed by atoms with Crippen molar-refractivity contribution in [1.82, 2.24) is 0 Å². The average molecular weight is 583 g/mol. The third kappa shape index (κ3) is 5.34. The summed E-state index contributed by atoms with van der Waals surface area (Å²) in [6.45, 7) is 8.09. The molecule has 2 saturated carbocycles. The number of carbonyl (C=O) groups is 3. The van der Waals surface area contributed by atoms with Gasteiger partial charge in [-0.2, -0.15) is 0 Å². The first kappa shape index (κ1) is 29.4. The molecule has 0 spiro atoms. The van der Waals surface area contributed by atoms with Crippen LogP contribution in [0.2, 0.25) is 0 Å². The van der Waals surface area contributed by atoms with Crippen LogP contribution in [0.25, 0.3) is 0 Å². The molecule has 4 aliphatic carbocycles. The first-order valence-electron chi connectivity index (χ1n) is 15.7. The summed E-state index contributed by atoms with van der Waals surface area (Å²) < 4.78 is 18.1. The van der Waals surface area contributed by atoms with E-state index in [1.165, 1.54) is 18.1 Å². The molecule has 2 aromatic carbocycles. The van der Waals surface area contributed by atoms with Crippen LogP contribution in [-0.2, 0) is 19.0 Å². The standard InChI is InChI=1S/C37H42O6/c1-23(41-34(39)25-11-7-5-8-12-25)30-17-18-31-29-16-15-27-21-28(43-35(40)26-13-9-6-10-14-26)19-20-36(27,3)33(29)32(42-24(2)38)22-37(30,31)4/h5-14,16,23,27-28,30-31H,15,17-22H2,1-4H3. The molecule has 0 bridgehead atoms. The Balaban J connectivity index is 1.25. The lowest BCUT2D eigenvalue weighted by Crippen LogP contribution is -2.47. The van der Waals surface area contributed by atoms with Crippen molar-refractivity contribution in [3.63, 3.8) is 0 Å². The molecule has 0 N–H and O–H groups in total. The van der Waals surface area contributed by atoms with Crippen LogP contribution < -0.4 is 0 Å². The van der Waals surface area contributed by atoms with Gasteiger partial charge in [-0.1, -0.05) is 56.3 Å². The molecular formula is C37H42O6. The Morgan fingerprint density at radius 1 is 0.884 bits per heavy atom. The van der Waals surface area contributed by atoms with Crippen molar-refractivity contribution in [2.45, 2.75) is 84.8 Å². The van der Waals surface area contributed by atoms with Crippen LogP contribution in [0, 0.1) is 28.6 Å². The van der Waals surface area contributed by atoms with Gasteiger partial charge < -0.3 is 14.2 Å². The Hall–Kier alpha value is -3.67. The van der Waals surface area contributed by atoms with Crippen LogP contribution in [-0.4, -0.2) is 30.1 Å². The van der Waals surface area contributed by atoms with Crippen LogP contribution in [0.4, 0.5) is 0 Å². The SMILES string of the molecule is CC(=O)OC1=C2C(=CCC3CC(OC(=O)c4ccccc4)CCC23C)C2CCC(C(C)OC(=O)c3ccccc3)C2(C)C1. The molecule has 7 unspecified atom stereocenters. The van der Waals surface area contributed by atoms with Crippen LogP contribution in [0.5, 0.6) is 0 Å². The van der Waals surface area contributed by atoms with Gasteiger partial charge in [0.05, 0.1) is 11.1 Å². The molecule has 0 aromatic heterocycles. The summed E-state index contributed by atoms with van der Waals surface area (Å²) in [5.41, 5.74) is 3.26. The first-order chi connectivity index (χ1) is 20.6. The third-order valence-electron chi connectivity index (χ3n) is 10.9. The molecule has 0 amide bonds. The van der Waals surface area contributed by atoms with Crippen molar-refractivity contribution in [3.05, 3.63) is 94.8 Å². The fourth-order valence-corrected chi connectivity index (χ4v) is 8.83. The number of benzene rings is 2. The molecule has 0 aliphatic heterocycles. The van der Waals surface area contributed by atoms with Gasteiger partial charge in [-0.15, -0.1) is 0 Å². The number of fused-ring (bicyclic) bond motifs is 5. The minimum absolute atomic E-state index is 0.136. The molecule has 2 fully saturated rings. The lowest BCUT2D eigenvalue weighted by molar-refractivity contribution is -0.138. The number of allylic oxidation sites excluding steroid dienone is 4. The Morgan fingerprint density at radius 2 is 1.53 bits per heavy atom. The molecule has 0 radical (unpaired) electrons. The zero-order chi connectivity index (χ0) is 30.4. The molecule has 7 atom stereocenters. The second-order valence-electron chi connectivity index (χ2n) is 13.5. The Kier molecular flexibility index (Phi) is 7.82. The van der Waals surface area contributed by atoms with E-state index < -0.39 is 0 Å². The van der Waals surface area contributed by atoms with Gasteiger partial charge in [0.2, 0.25) is 0 Å². The number of esters is 3. The number of ether oxygens (including phenoxy) is 3. The molecule has 4 aliphatic rings. The molecule has 43 heavy (non-hydrogen) atoms. The van der Waals surface area contributed by atoms with Crippen molar-refractivity contribution in [2.24, 2.45) is 28.6 Å². The Morgan fingerprint density at radius 3 is 2.19 bits per heavy atom. The predicted molar refractivity (Wildman–Crippen MR) is 163 cm³/mol. The fraction of sp³-hybridized carbons (Fsp3) is 0.486. The van der Waals surface area contributed by atoms with E-state index in [9.17, 15) is 14.4 Å². The maximum absolute atomic E-state index is 12.9. The maximum atomic E-state index is 12.9. The second-order valence-corrected chi connectivity index (χ2v) is 13.5. The smallest absolute Gasteiger partial charge is 0.338 e. The fourth-order valence-electron chi connectivity index (χ4n) is 8.83. The highest BCUT2D eigenvalue weighted by Gasteiger charge is 2.59. The highest BCUT2D eigenvalue weighted by atomic mass is 16.5. The van der Waals surface area contributed by atoms with Crippen LogP contribution in [0.15, 0.2) is 83.6 Å². The number of hydrogen-bond donors (Lipinski definition) is 0. The largest absolute Gasteiger partial charge is 0.459 e. The van der Waals surface area contributed by atoms with Gasteiger partial charge in [-0.3, -0.25) is 4.79 Å². The minimum Gasteiger partial charge on any atom is -0.459 e. The molecule has 0 heterocycles. The van der Waals surface area contributed by atoms with Crippen LogP contribution in [0.1, 0.15) is 93.4 Å². The molecular weight excluding hydrogens is 540 g/mol. The van der Waals surface area contributed by atoms with Crippen molar-refractivity contribution < 1.29 is 28.6 Å². The highest BCUT2D eigenvalue weighted by molar-refractivity contribution is 5.90. The third-order valence-corrected chi connectivity index (χ3v) is 10.9. The lowest BCUT2D eigenvalue weighted by Gasteiger charge is -2.54. The summed E-state index contributed by atoms with van der Waals surface area (Å²) in [4.78, 5) is 38.2. The van der Waals surface area contributed by atoms with Gasteiger partial charge in [0.15, 0.2) is 0 Å². The van der Waals surface area contributed by atoms with Gasteiger partial charge in [-0.05, 0) is 104 Å². The number of carbonyl (C=O) groups excluding carboxylic acids is 3. The summed E-state index contributed by atoms with van der Waals surface area (Å²) in [6.07, 6.45) is 7.87. The van der Waals surface area contributed by atoms with Crippen molar-refractivity contribution in [1.29, 1.82) is 0 Å². The summed E-state index contributed by atoms with van der Waals surface area (Å²) in [5, 5.41) is 0. The predicted octanol–water partition coefficient (Wildman–Crippen LogP) is 7.85. The molecule has 0 saturated heterocycles. The normalized spacial score (nSPS) is 32.0. The van der Waals surface area contributed by atoms with Crippen LogP contribution >= 0.6 is 0 Å². The van der Waals surface area contributed by atoms with Crippen molar-refractivity contribution in [2.75, 3.05) is 0 Å². The second kappa shape index (κ2) is 11.4. The van der Waals surface area contributed by atoms with E-state index in [1.807, 2.05) is 43.3 Å². The summed E-state index contributed by atoms with van der Waals surface area (Å²) in [6, 6.07) is 18.3. The Bertz CT molecular complexity index is 1460. The van der Waals surface area contributed by atoms with E-state index >= 15 is 0 Å². The molecule has 226 valence electrons. The minimum atomic E-state index is -0.307. The first-order valence-corrected chi connectivity index (χ1v) is 15.7. The van der Waals surface area contributed by atoms with E-state index in [0.717, 1.165) is 44.3 Å². The van der Waals surface area contributed by atoms with Gasteiger partial charge in [0.25, 0.3) is 0 Å².